The summed E-state index contributed by atoms with van der Waals surface area (Å²) in [6.07, 6.45) is 7.65. The van der Waals surface area contributed by atoms with E-state index in [1.165, 1.54) is 30.7 Å². The van der Waals surface area contributed by atoms with Gasteiger partial charge in [0.15, 0.2) is 5.75 Å². The van der Waals surface area contributed by atoms with Crippen LogP contribution in [0.2, 0.25) is 0 Å². The molecule has 0 unspecified atom stereocenters. The van der Waals surface area contributed by atoms with Gasteiger partial charge in [-0.15, -0.1) is 12.4 Å². The second-order valence-corrected chi connectivity index (χ2v) is 7.75. The standard InChI is InChI=1S/C24H32N4O2.ClH/c1-18-16-23(29)24(30)22(28(18)2)17-25-13-8-4-3-5-9-14-26-21-12-15-27-20-11-7-6-10-19(20)21;/h6-7,10-12,15-16,25,30H,3-5,8-9,13-14,17H2,1-2H3,(H,26,27);1H. The molecule has 6 nitrogen and oxygen atoms in total. The number of rotatable bonds is 11. The third-order valence-corrected chi connectivity index (χ3v) is 5.57. The van der Waals surface area contributed by atoms with E-state index in [1.54, 1.807) is 0 Å². The SMILES string of the molecule is Cc1cc(=O)c(O)c(CNCCCCCCCNc2ccnc3ccccc23)n1C.Cl. The molecule has 0 aliphatic rings. The number of pyridine rings is 2. The van der Waals surface area contributed by atoms with Crippen molar-refractivity contribution in [2.24, 2.45) is 7.05 Å². The molecule has 0 saturated heterocycles. The van der Waals surface area contributed by atoms with Crippen molar-refractivity contribution in [3.05, 3.63) is 64.2 Å². The Balaban J connectivity index is 0.00000341. The zero-order chi connectivity index (χ0) is 21.3. The van der Waals surface area contributed by atoms with Crippen molar-refractivity contribution < 1.29 is 5.11 Å². The van der Waals surface area contributed by atoms with Crippen LogP contribution in [0.5, 0.6) is 5.75 Å². The van der Waals surface area contributed by atoms with E-state index in [0.717, 1.165) is 42.8 Å². The zero-order valence-corrected chi connectivity index (χ0v) is 19.2. The number of nitrogens with one attached hydrogen (secondary N) is 2. The molecular weight excluding hydrogens is 412 g/mol. The molecule has 3 rings (SSSR count). The summed E-state index contributed by atoms with van der Waals surface area (Å²) in [5, 5.41) is 18.0. The summed E-state index contributed by atoms with van der Waals surface area (Å²) in [4.78, 5) is 16.1. The van der Waals surface area contributed by atoms with Gasteiger partial charge < -0.3 is 20.3 Å². The highest BCUT2D eigenvalue weighted by Gasteiger charge is 2.09. The fourth-order valence-corrected chi connectivity index (χ4v) is 3.66. The second kappa shape index (κ2) is 12.3. The van der Waals surface area contributed by atoms with E-state index >= 15 is 0 Å². The van der Waals surface area contributed by atoms with Crippen LogP contribution in [-0.2, 0) is 13.6 Å². The first kappa shape index (κ1) is 24.7. The van der Waals surface area contributed by atoms with Gasteiger partial charge in [-0.3, -0.25) is 9.78 Å². The number of halogens is 1. The summed E-state index contributed by atoms with van der Waals surface area (Å²) < 4.78 is 1.86. The van der Waals surface area contributed by atoms with Gasteiger partial charge in [0.1, 0.15) is 0 Å². The Kier molecular flexibility index (Phi) is 9.82. The molecule has 168 valence electrons. The Hall–Kier alpha value is -2.57. The van der Waals surface area contributed by atoms with Gasteiger partial charge in [-0.2, -0.15) is 0 Å². The molecule has 1 aromatic carbocycles. The van der Waals surface area contributed by atoms with E-state index in [1.807, 2.05) is 49.0 Å². The lowest BCUT2D eigenvalue weighted by Crippen LogP contribution is -2.21. The molecule has 0 bridgehead atoms. The van der Waals surface area contributed by atoms with E-state index in [4.69, 9.17) is 0 Å². The van der Waals surface area contributed by atoms with Crippen LogP contribution in [0.1, 0.15) is 43.5 Å². The highest BCUT2D eigenvalue weighted by Crippen LogP contribution is 2.21. The maximum absolute atomic E-state index is 11.7. The zero-order valence-electron chi connectivity index (χ0n) is 18.4. The monoisotopic (exact) mass is 444 g/mol. The molecule has 31 heavy (non-hydrogen) atoms. The summed E-state index contributed by atoms with van der Waals surface area (Å²) in [7, 11) is 1.87. The van der Waals surface area contributed by atoms with Gasteiger partial charge >= 0.3 is 0 Å². The van der Waals surface area contributed by atoms with Crippen molar-refractivity contribution in [2.45, 2.75) is 45.6 Å². The molecule has 3 aromatic rings. The predicted octanol–water partition coefficient (Wildman–Crippen LogP) is 4.52. The van der Waals surface area contributed by atoms with Crippen LogP contribution in [0.15, 0.2) is 47.4 Å². The minimum Gasteiger partial charge on any atom is -0.503 e. The smallest absolute Gasteiger partial charge is 0.223 e. The van der Waals surface area contributed by atoms with Crippen LogP contribution in [0.25, 0.3) is 10.9 Å². The predicted molar refractivity (Wildman–Crippen MR) is 130 cm³/mol. The summed E-state index contributed by atoms with van der Waals surface area (Å²) in [6, 6.07) is 11.7. The van der Waals surface area contributed by atoms with E-state index in [9.17, 15) is 9.90 Å². The summed E-state index contributed by atoms with van der Waals surface area (Å²) in [5.41, 5.74) is 3.36. The molecule has 2 heterocycles. The maximum Gasteiger partial charge on any atom is 0.223 e. The maximum atomic E-state index is 11.7. The molecule has 0 atom stereocenters. The Morgan fingerprint density at radius 2 is 1.74 bits per heavy atom. The molecular formula is C24H33ClN4O2. The number of para-hydroxylation sites is 1. The van der Waals surface area contributed by atoms with Gasteiger partial charge in [-0.1, -0.05) is 37.5 Å². The molecule has 3 N–H and O–H groups in total. The van der Waals surface area contributed by atoms with Crippen LogP contribution < -0.4 is 16.1 Å². The Labute approximate surface area is 190 Å². The van der Waals surface area contributed by atoms with Crippen LogP contribution in [0.3, 0.4) is 0 Å². The fraction of sp³-hybridized carbons (Fsp3) is 0.417. The second-order valence-electron chi connectivity index (χ2n) is 7.75. The van der Waals surface area contributed by atoms with E-state index < -0.39 is 0 Å². The van der Waals surface area contributed by atoms with Gasteiger partial charge in [-0.25, -0.2) is 0 Å². The lowest BCUT2D eigenvalue weighted by atomic mass is 10.1. The van der Waals surface area contributed by atoms with Gasteiger partial charge in [-0.05, 0) is 38.4 Å². The molecule has 2 aromatic heterocycles. The number of aromatic hydroxyl groups is 1. The number of hydrogen-bond acceptors (Lipinski definition) is 5. The highest BCUT2D eigenvalue weighted by atomic mass is 35.5. The lowest BCUT2D eigenvalue weighted by molar-refractivity contribution is 0.445. The Morgan fingerprint density at radius 3 is 2.55 bits per heavy atom. The molecule has 0 radical (unpaired) electrons. The highest BCUT2D eigenvalue weighted by molar-refractivity contribution is 5.90. The van der Waals surface area contributed by atoms with Gasteiger partial charge in [0.05, 0.1) is 11.2 Å². The van der Waals surface area contributed by atoms with Crippen molar-refractivity contribution in [1.29, 1.82) is 0 Å². The molecule has 0 amide bonds. The molecule has 0 aliphatic carbocycles. The minimum atomic E-state index is -0.309. The topological polar surface area (TPSA) is 79.2 Å². The van der Waals surface area contributed by atoms with Gasteiger partial charge in [0.25, 0.3) is 0 Å². The largest absolute Gasteiger partial charge is 0.503 e. The number of fused-ring (bicyclic) bond motifs is 1. The molecule has 7 heteroatoms. The number of unbranched alkanes of at least 4 members (excludes halogenated alkanes) is 4. The van der Waals surface area contributed by atoms with E-state index in [2.05, 4.69) is 21.7 Å². The van der Waals surface area contributed by atoms with Crippen LogP contribution in [0, 0.1) is 6.92 Å². The molecule has 0 saturated carbocycles. The normalized spacial score (nSPS) is 10.8. The van der Waals surface area contributed by atoms with Gasteiger partial charge in [0.2, 0.25) is 5.43 Å². The molecule has 0 aliphatic heterocycles. The van der Waals surface area contributed by atoms with Crippen molar-refractivity contribution in [2.75, 3.05) is 18.4 Å². The summed E-state index contributed by atoms with van der Waals surface area (Å²) >= 11 is 0. The molecule has 0 fully saturated rings. The number of benzene rings is 1. The Bertz CT molecular complexity index is 1030. The first-order valence-electron chi connectivity index (χ1n) is 10.7. The number of anilines is 1. The lowest BCUT2D eigenvalue weighted by Gasteiger charge is -2.14. The fourth-order valence-electron chi connectivity index (χ4n) is 3.66. The average Bonchev–Trinajstić information content (AvgIpc) is 2.75. The summed E-state index contributed by atoms with van der Waals surface area (Å²) in [6.45, 7) is 4.22. The summed E-state index contributed by atoms with van der Waals surface area (Å²) in [5.74, 6) is -0.148. The van der Waals surface area contributed by atoms with Crippen molar-refractivity contribution in [3.8, 4) is 5.75 Å². The molecule has 0 spiro atoms. The van der Waals surface area contributed by atoms with Crippen molar-refractivity contribution in [3.63, 3.8) is 0 Å². The average molecular weight is 445 g/mol. The minimum absolute atomic E-state index is 0. The third kappa shape index (κ3) is 6.71. The van der Waals surface area contributed by atoms with Crippen molar-refractivity contribution in [1.82, 2.24) is 14.9 Å². The first-order valence-corrected chi connectivity index (χ1v) is 10.7. The number of aromatic nitrogens is 2. The Morgan fingerprint density at radius 1 is 1.03 bits per heavy atom. The van der Waals surface area contributed by atoms with Crippen LogP contribution >= 0.6 is 12.4 Å². The number of hydrogen-bond donors (Lipinski definition) is 3. The quantitative estimate of drug-likeness (QED) is 0.379. The van der Waals surface area contributed by atoms with Crippen LogP contribution in [0.4, 0.5) is 5.69 Å². The van der Waals surface area contributed by atoms with E-state index in [0.29, 0.717) is 12.2 Å². The van der Waals surface area contributed by atoms with E-state index in [-0.39, 0.29) is 23.6 Å². The van der Waals surface area contributed by atoms with Crippen molar-refractivity contribution >= 4 is 29.0 Å². The number of nitrogens with zero attached hydrogens (tertiary/aromatic N) is 2. The third-order valence-electron chi connectivity index (χ3n) is 5.57. The first-order chi connectivity index (χ1) is 14.6. The number of aryl methyl sites for hydroxylation is 1. The van der Waals surface area contributed by atoms with Crippen LogP contribution in [-0.4, -0.2) is 27.7 Å². The van der Waals surface area contributed by atoms with Gasteiger partial charge in [0, 0.05) is 49.2 Å².